The Labute approximate surface area is 810 Å². The van der Waals surface area contributed by atoms with Crippen molar-refractivity contribution >= 4 is 29.7 Å². The van der Waals surface area contributed by atoms with Crippen molar-refractivity contribution in [3.63, 3.8) is 0 Å². The molecule has 0 heterocycles. The molecule has 0 saturated heterocycles. The zero-order chi connectivity index (χ0) is 98.7. The number of fused-ring (bicyclic) bond motifs is 28. The number of carbonyl (C=O) groups is 5. The van der Waals surface area contributed by atoms with Crippen LogP contribution in [0.15, 0.2) is 46.6 Å². The van der Waals surface area contributed by atoms with Gasteiger partial charge in [0.15, 0.2) is 5.78 Å². The zero-order valence-corrected chi connectivity index (χ0v) is 89.5. The van der Waals surface area contributed by atoms with E-state index < -0.39 is 57.7 Å². The lowest BCUT2D eigenvalue weighted by molar-refractivity contribution is -0.231. The molecule has 20 rings (SSSR count). The molecule has 20 aliphatic carbocycles. The minimum Gasteiger partial charge on any atom is -0.481 e. The molecule has 0 bridgehead atoms. The van der Waals surface area contributed by atoms with Gasteiger partial charge in [0.05, 0.1) is 52.2 Å². The first-order valence-electron chi connectivity index (χ1n) is 55.2. The Kier molecular flexibility index (Phi) is 24.0. The number of aliphatic hydroxyl groups is 5. The highest BCUT2D eigenvalue weighted by Crippen LogP contribution is 2.83. The maximum atomic E-state index is 14.2. The number of carbonyl (C=O) groups excluding carboxylic acids is 1. The van der Waals surface area contributed by atoms with E-state index in [9.17, 15) is 69.9 Å². The van der Waals surface area contributed by atoms with E-state index in [2.05, 4.69) is 205 Å². The highest BCUT2D eigenvalue weighted by Gasteiger charge is 2.77. The highest BCUT2D eigenvalue weighted by molar-refractivity contribution is 5.96. The summed E-state index contributed by atoms with van der Waals surface area (Å²) in [5.74, 6) is 3.06. The van der Waals surface area contributed by atoms with Crippen molar-refractivity contribution in [2.45, 2.75) is 462 Å². The summed E-state index contributed by atoms with van der Waals surface area (Å²) in [6, 6.07) is 0. The van der Waals surface area contributed by atoms with Gasteiger partial charge in [-0.05, 0) is 430 Å². The van der Waals surface area contributed by atoms with Gasteiger partial charge in [-0.1, -0.05) is 227 Å². The van der Waals surface area contributed by atoms with Crippen LogP contribution in [0.5, 0.6) is 0 Å². The molecule has 14 heteroatoms. The summed E-state index contributed by atoms with van der Waals surface area (Å²) >= 11 is 0. The van der Waals surface area contributed by atoms with Crippen LogP contribution in [-0.2, 0) is 24.0 Å². The minimum atomic E-state index is -0.711. The number of hydrogen-bond acceptors (Lipinski definition) is 10. The molecule has 36 atom stereocenters. The van der Waals surface area contributed by atoms with Gasteiger partial charge in [-0.15, -0.1) is 0 Å². The van der Waals surface area contributed by atoms with Crippen molar-refractivity contribution < 1.29 is 69.9 Å². The van der Waals surface area contributed by atoms with E-state index >= 15 is 0 Å². The van der Waals surface area contributed by atoms with Gasteiger partial charge in [-0.2, -0.15) is 0 Å². The number of aliphatic carboxylic acids is 4. The van der Waals surface area contributed by atoms with E-state index in [0.717, 1.165) is 199 Å². The third-order valence-electron chi connectivity index (χ3n) is 52.5. The maximum Gasteiger partial charge on any atom is 0.310 e. The second kappa shape index (κ2) is 31.7. The molecule has 9 N–H and O–H groups in total. The number of rotatable bonds is 4. The molecule has 0 aromatic heterocycles. The van der Waals surface area contributed by atoms with Crippen LogP contribution in [0.2, 0.25) is 0 Å². The van der Waals surface area contributed by atoms with E-state index in [1.807, 2.05) is 13.0 Å². The molecule has 0 aliphatic heterocycles. The number of ketones is 1. The third kappa shape index (κ3) is 13.5. The summed E-state index contributed by atoms with van der Waals surface area (Å²) in [7, 11) is 0. The fourth-order valence-electron chi connectivity index (χ4n) is 42.6. The van der Waals surface area contributed by atoms with E-state index in [-0.39, 0.29) is 157 Å². The lowest BCUT2D eigenvalue weighted by Gasteiger charge is -2.71. The van der Waals surface area contributed by atoms with E-state index in [4.69, 9.17) is 0 Å². The second-order valence-corrected chi connectivity index (χ2v) is 59.7. The van der Waals surface area contributed by atoms with Gasteiger partial charge in [0, 0.05) is 5.92 Å². The average Bonchev–Trinajstić information content (AvgIpc) is 0.682. The van der Waals surface area contributed by atoms with Gasteiger partial charge >= 0.3 is 23.9 Å². The number of aliphatic hydroxyl groups excluding tert-OH is 5. The Balaban J connectivity index is 0.000000124. The van der Waals surface area contributed by atoms with Crippen LogP contribution in [-0.4, -0.2) is 106 Å². The number of carboxylic acid groups (broad SMARTS) is 4. The predicted octanol–water partition coefficient (Wildman–Crippen LogP) is 26.9. The normalized spacial score (nSPS) is 53.8. The van der Waals surface area contributed by atoms with Crippen LogP contribution in [0.25, 0.3) is 0 Å². The monoisotopic (exact) mass is 1860 g/mol. The summed E-state index contributed by atoms with van der Waals surface area (Å²) in [4.78, 5) is 64.7. The lowest BCUT2D eigenvalue weighted by Crippen LogP contribution is -2.67. The van der Waals surface area contributed by atoms with E-state index in [0.29, 0.717) is 66.1 Å². The van der Waals surface area contributed by atoms with Crippen LogP contribution in [0.4, 0.5) is 0 Å². The van der Waals surface area contributed by atoms with Crippen molar-refractivity contribution in [3.8, 4) is 0 Å². The Morgan fingerprint density at radius 2 is 0.657 bits per heavy atom. The largest absolute Gasteiger partial charge is 0.481 e. The van der Waals surface area contributed by atoms with Crippen molar-refractivity contribution in [2.75, 3.05) is 0 Å². The van der Waals surface area contributed by atoms with Crippen LogP contribution >= 0.6 is 0 Å². The summed E-state index contributed by atoms with van der Waals surface area (Å²) in [5, 5.41) is 96.1. The molecule has 20 aliphatic rings. The van der Waals surface area contributed by atoms with Crippen molar-refractivity contribution in [3.05, 3.63) is 46.6 Å². The van der Waals surface area contributed by atoms with Gasteiger partial charge in [0.25, 0.3) is 0 Å². The SMILES string of the molecule is CC1(C)C(O)CC[C@]2(C)[C@H]3C(=O)C=C4[C@@H]5C[C@@](C)(C(=O)O)CC[C@]5(C)CC[C@@]4(C)[C@]3(C)CC[C@@H]12.CC1(C)CC[C@]2(C(=O)O)CC[C@]3(C)C(=CC[C@@H]4[C@@]5(C)CC[C@H](O)C(C)(C)[C@@H]5CC[C@]43C)[C@@H]2C1.CC1(C)CC[C@]2(C(=O)O)CC[C@]3(C)C(=CC[C@@H]4[C@@]5(C)C[C@@H](O)[C@H](O)C(C)(C)[C@@H]5CC[C@]43C)[C@@H]2C1.C[C@H]1[C@H](C)CC[C@]2(C(=O)O)CC[C@]3(C)C(=CC[C@@H]4[C@@]5(C)CC[C@H](O)C(C)(C)[C@@H]5CC[C@]43C)[C@H]12. The number of carboxylic acids is 4. The molecular formula is C120H190O14. The Hall–Kier alpha value is -3.69. The molecule has 754 valence electrons. The van der Waals surface area contributed by atoms with Gasteiger partial charge in [0.2, 0.25) is 0 Å². The molecule has 14 nitrogen and oxygen atoms in total. The van der Waals surface area contributed by atoms with Gasteiger partial charge in [-0.3, -0.25) is 24.0 Å². The van der Waals surface area contributed by atoms with Crippen molar-refractivity contribution in [2.24, 2.45) is 207 Å². The minimum absolute atomic E-state index is 0.00785. The molecule has 134 heavy (non-hydrogen) atoms. The van der Waals surface area contributed by atoms with Crippen molar-refractivity contribution in [1.82, 2.24) is 0 Å². The summed E-state index contributed by atoms with van der Waals surface area (Å²) in [6.07, 6.45) is 43.7. The lowest BCUT2D eigenvalue weighted by atomic mass is 9.33. The Morgan fingerprint density at radius 1 is 0.306 bits per heavy atom. The zero-order valence-electron chi connectivity index (χ0n) is 89.5. The number of hydrogen-bond donors (Lipinski definition) is 9. The van der Waals surface area contributed by atoms with Crippen molar-refractivity contribution in [1.29, 1.82) is 0 Å². The molecule has 0 aromatic rings. The van der Waals surface area contributed by atoms with E-state index in [1.165, 1.54) is 48.0 Å². The maximum absolute atomic E-state index is 14.2. The summed E-state index contributed by atoms with van der Waals surface area (Å²) in [6.45, 7) is 66.0. The van der Waals surface area contributed by atoms with Crippen LogP contribution < -0.4 is 0 Å². The molecule has 0 radical (unpaired) electrons. The fraction of sp³-hybridized carbons (Fsp3) is 0.892. The fourth-order valence-corrected chi connectivity index (χ4v) is 42.6. The average molecular weight is 1860 g/mol. The van der Waals surface area contributed by atoms with Gasteiger partial charge in [0.1, 0.15) is 0 Å². The molecule has 0 aromatic carbocycles. The molecule has 16 fully saturated rings. The Morgan fingerprint density at radius 3 is 1.08 bits per heavy atom. The Bertz CT molecular complexity index is 4820. The quantitative estimate of drug-likeness (QED) is 0.119. The van der Waals surface area contributed by atoms with Crippen LogP contribution in [0, 0.1) is 207 Å². The standard InChI is InChI=1S/C30H46O4.C30H48O4.2C30H48O3/c1-25(2)21-8-11-30(7)23(28(21,5)10-9-22(25)32)20(31)16-18-19-17-27(4,24(33)34)13-12-26(19,3)14-15-29(18,30)6;1-25(2)12-14-30(24(33)34)15-13-28(6)18(19(30)16-25)8-9-22-27(5)17-20(31)23(32)26(3,4)21(27)10-11-29(22,28)7;1-18-10-15-30(25(32)33)17-16-28(6)20(24(30)19(18)2)8-9-22-27(5)13-12-23(31)26(3,4)21(27)11-14-29(22,28)7;1-25(2)14-16-30(24(32)33)17-15-28(6)19(20(30)18-25)8-9-22-27(5)12-11-23(31)26(3,4)21(27)10-13-29(22,28)7/h16,19,21-23,32H,8-15,17H2,1-7H3,(H,33,34);8,19-23,31-32H,9-17H2,1-7H3,(H,33,34);8,18-19,21-24,31H,9-17H2,1-7H3,(H,32,33);8,20-23,31H,9-18H2,1-7H3,(H,32,33)/t19-,21-,22?,23+,26+,27-,28-,29+,30+;19-,20+,21-,22+,23-,27-,28+,29+,30-;18-,19+,21+,22-,23+,24+,27+,28-,29-,30+;20-,21-,22+,23-,27-,28+,29+,30-/m0010/s1. The third-order valence-corrected chi connectivity index (χ3v) is 52.5. The second-order valence-electron chi connectivity index (χ2n) is 59.7. The number of allylic oxidation sites excluding steroid dienone is 8. The summed E-state index contributed by atoms with van der Waals surface area (Å²) < 4.78 is 0. The molecular weight excluding hydrogens is 1670 g/mol. The molecule has 0 amide bonds. The first kappa shape index (κ1) is 102. The molecule has 1 unspecified atom stereocenters. The highest BCUT2D eigenvalue weighted by atomic mass is 16.4. The smallest absolute Gasteiger partial charge is 0.310 e. The predicted molar refractivity (Wildman–Crippen MR) is 532 cm³/mol. The summed E-state index contributed by atoms with van der Waals surface area (Å²) in [5.41, 5.74) is 4.03. The first-order valence-corrected chi connectivity index (χ1v) is 55.2. The van der Waals surface area contributed by atoms with Crippen LogP contribution in [0.1, 0.15) is 431 Å². The first-order chi connectivity index (χ1) is 61.5. The van der Waals surface area contributed by atoms with E-state index in [1.54, 1.807) is 0 Å². The van der Waals surface area contributed by atoms with Gasteiger partial charge < -0.3 is 46.0 Å². The van der Waals surface area contributed by atoms with Crippen LogP contribution in [0.3, 0.4) is 0 Å². The molecule has 0 spiro atoms. The molecule has 16 saturated carbocycles. The van der Waals surface area contributed by atoms with Gasteiger partial charge in [-0.25, -0.2) is 0 Å². The topological polar surface area (TPSA) is 267 Å².